The molecule has 0 aliphatic carbocycles. The summed E-state index contributed by atoms with van der Waals surface area (Å²) in [6.07, 6.45) is 0.715. The molecule has 0 amide bonds. The molecule has 0 saturated carbocycles. The molecule has 7 heteroatoms. The van der Waals surface area contributed by atoms with Crippen LogP contribution in [-0.4, -0.2) is 34.7 Å². The second-order valence-corrected chi connectivity index (χ2v) is 6.39. The van der Waals surface area contributed by atoms with Gasteiger partial charge >= 0.3 is 5.97 Å². The minimum Gasteiger partial charge on any atom is -0.497 e. The maximum atomic E-state index is 12.3. The van der Waals surface area contributed by atoms with E-state index in [2.05, 4.69) is 4.98 Å². The van der Waals surface area contributed by atoms with Gasteiger partial charge in [-0.2, -0.15) is 0 Å². The van der Waals surface area contributed by atoms with Gasteiger partial charge in [-0.05, 0) is 36.2 Å². The smallest absolute Gasteiger partial charge is 0.343 e. The summed E-state index contributed by atoms with van der Waals surface area (Å²) in [5.74, 6) is 0.598. The fourth-order valence-electron chi connectivity index (χ4n) is 3.28. The Balaban J connectivity index is 1.80. The first kappa shape index (κ1) is 17.8. The van der Waals surface area contributed by atoms with Gasteiger partial charge < -0.3 is 19.8 Å². The molecular formula is C21H20N4O3. The van der Waals surface area contributed by atoms with Crippen molar-refractivity contribution in [2.75, 3.05) is 20.0 Å². The maximum absolute atomic E-state index is 12.3. The number of ether oxygens (including phenoxy) is 2. The number of fused-ring (bicyclic) bond motifs is 2. The zero-order chi connectivity index (χ0) is 19.7. The van der Waals surface area contributed by atoms with Crippen LogP contribution in [0, 0.1) is 0 Å². The predicted octanol–water partition coefficient (Wildman–Crippen LogP) is 3.20. The minimum atomic E-state index is -0.518. The van der Waals surface area contributed by atoms with Crippen LogP contribution in [0.15, 0.2) is 48.5 Å². The van der Waals surface area contributed by atoms with Crippen LogP contribution in [0.4, 0.5) is 5.82 Å². The molecule has 28 heavy (non-hydrogen) atoms. The van der Waals surface area contributed by atoms with E-state index in [0.29, 0.717) is 35.5 Å². The third-order valence-electron chi connectivity index (χ3n) is 4.76. The normalized spacial score (nSPS) is 11.1. The lowest BCUT2D eigenvalue weighted by molar-refractivity contribution is 0.0604. The van der Waals surface area contributed by atoms with Crippen LogP contribution in [0.5, 0.6) is 5.75 Å². The van der Waals surface area contributed by atoms with E-state index in [-0.39, 0.29) is 5.56 Å². The number of esters is 1. The van der Waals surface area contributed by atoms with Crippen LogP contribution in [0.3, 0.4) is 0 Å². The van der Waals surface area contributed by atoms with E-state index in [4.69, 9.17) is 20.2 Å². The number of carbonyl (C=O) groups excluding carboxylic acids is 1. The van der Waals surface area contributed by atoms with Gasteiger partial charge in [-0.15, -0.1) is 0 Å². The Morgan fingerprint density at radius 3 is 2.36 bits per heavy atom. The van der Waals surface area contributed by atoms with Gasteiger partial charge in [0.15, 0.2) is 5.65 Å². The van der Waals surface area contributed by atoms with Gasteiger partial charge in [0.05, 0.1) is 25.3 Å². The number of aryl methyl sites for hydroxylation is 2. The highest BCUT2D eigenvalue weighted by atomic mass is 16.5. The van der Waals surface area contributed by atoms with E-state index in [1.54, 1.807) is 7.11 Å². The Hall–Kier alpha value is -3.61. The highest BCUT2D eigenvalue weighted by molar-refractivity contribution is 6.08. The molecule has 0 unspecified atom stereocenters. The molecule has 2 heterocycles. The van der Waals surface area contributed by atoms with Crippen LogP contribution in [-0.2, 0) is 17.7 Å². The Morgan fingerprint density at radius 1 is 1.04 bits per heavy atom. The Labute approximate surface area is 161 Å². The number of nitrogens with two attached hydrogens (primary N) is 1. The summed E-state index contributed by atoms with van der Waals surface area (Å²) in [5, 5.41) is 0. The van der Waals surface area contributed by atoms with Crippen molar-refractivity contribution < 1.29 is 14.3 Å². The first-order valence-corrected chi connectivity index (χ1v) is 8.88. The lowest BCUT2D eigenvalue weighted by atomic mass is 10.1. The fourth-order valence-corrected chi connectivity index (χ4v) is 3.28. The number of para-hydroxylation sites is 2. The average molecular weight is 376 g/mol. The van der Waals surface area contributed by atoms with Gasteiger partial charge in [-0.25, -0.2) is 14.8 Å². The lowest BCUT2D eigenvalue weighted by Gasteiger charge is -2.08. The summed E-state index contributed by atoms with van der Waals surface area (Å²) < 4.78 is 11.9. The number of nitrogen functional groups attached to an aromatic ring is 1. The number of benzene rings is 2. The summed E-state index contributed by atoms with van der Waals surface area (Å²) in [7, 11) is 2.97. The molecule has 7 nitrogen and oxygen atoms in total. The van der Waals surface area contributed by atoms with Crippen molar-refractivity contribution in [1.82, 2.24) is 14.5 Å². The number of carbonyl (C=O) groups is 1. The number of rotatable bonds is 5. The first-order chi connectivity index (χ1) is 13.6. The van der Waals surface area contributed by atoms with Gasteiger partial charge in [-0.1, -0.05) is 24.3 Å². The molecule has 0 spiro atoms. The summed E-state index contributed by atoms with van der Waals surface area (Å²) in [6, 6.07) is 15.4. The molecule has 2 aromatic heterocycles. The van der Waals surface area contributed by atoms with E-state index < -0.39 is 5.97 Å². The number of hydrogen-bond donors (Lipinski definition) is 1. The predicted molar refractivity (Wildman–Crippen MR) is 107 cm³/mol. The van der Waals surface area contributed by atoms with Crippen LogP contribution in [0.1, 0.15) is 15.9 Å². The van der Waals surface area contributed by atoms with Crippen molar-refractivity contribution in [1.29, 1.82) is 0 Å². The average Bonchev–Trinajstić information content (AvgIpc) is 3.00. The highest BCUT2D eigenvalue weighted by Crippen LogP contribution is 2.28. The Morgan fingerprint density at radius 2 is 1.71 bits per heavy atom. The topological polar surface area (TPSA) is 92.3 Å². The number of nitrogens with zero attached hydrogens (tertiary/aromatic N) is 3. The number of hydrogen-bond acceptors (Lipinski definition) is 6. The molecule has 0 saturated heterocycles. The molecule has 0 atom stereocenters. The third-order valence-corrected chi connectivity index (χ3v) is 4.76. The molecular weight excluding hydrogens is 356 g/mol. The van der Waals surface area contributed by atoms with Gasteiger partial charge in [-0.3, -0.25) is 0 Å². The highest BCUT2D eigenvalue weighted by Gasteiger charge is 2.24. The molecule has 0 radical (unpaired) electrons. The van der Waals surface area contributed by atoms with E-state index in [1.165, 1.54) is 7.11 Å². The molecule has 0 bridgehead atoms. The molecule has 2 N–H and O–H groups in total. The van der Waals surface area contributed by atoms with E-state index >= 15 is 0 Å². The van der Waals surface area contributed by atoms with Crippen LogP contribution < -0.4 is 10.5 Å². The van der Waals surface area contributed by atoms with Crippen LogP contribution in [0.2, 0.25) is 0 Å². The molecule has 0 aliphatic rings. The van der Waals surface area contributed by atoms with Gasteiger partial charge in [0.2, 0.25) is 0 Å². The summed E-state index contributed by atoms with van der Waals surface area (Å²) in [5.41, 5.74) is 10.2. The van der Waals surface area contributed by atoms with Crippen LogP contribution >= 0.6 is 0 Å². The first-order valence-electron chi connectivity index (χ1n) is 8.88. The van der Waals surface area contributed by atoms with Gasteiger partial charge in [0, 0.05) is 6.54 Å². The summed E-state index contributed by atoms with van der Waals surface area (Å²) in [6.45, 7) is 0.554. The maximum Gasteiger partial charge on any atom is 0.343 e. The lowest BCUT2D eigenvalue weighted by Crippen LogP contribution is -2.09. The molecule has 142 valence electrons. The number of methoxy groups -OCH3 is 2. The number of anilines is 1. The van der Waals surface area contributed by atoms with E-state index in [9.17, 15) is 4.79 Å². The monoisotopic (exact) mass is 376 g/mol. The molecule has 0 fully saturated rings. The summed E-state index contributed by atoms with van der Waals surface area (Å²) >= 11 is 0. The van der Waals surface area contributed by atoms with Crippen LogP contribution in [0.25, 0.3) is 22.2 Å². The second kappa shape index (κ2) is 7.19. The van der Waals surface area contributed by atoms with Crippen molar-refractivity contribution in [2.24, 2.45) is 0 Å². The van der Waals surface area contributed by atoms with Crippen molar-refractivity contribution >= 4 is 34.0 Å². The zero-order valence-corrected chi connectivity index (χ0v) is 15.7. The fraction of sp³-hybridized carbons (Fsp3) is 0.190. The molecule has 0 aliphatic heterocycles. The summed E-state index contributed by atoms with van der Waals surface area (Å²) in [4.78, 5) is 21.7. The minimum absolute atomic E-state index is 0.255. The molecule has 4 aromatic rings. The van der Waals surface area contributed by atoms with Crippen molar-refractivity contribution in [2.45, 2.75) is 13.0 Å². The van der Waals surface area contributed by atoms with Gasteiger partial charge in [0.1, 0.15) is 22.6 Å². The second-order valence-electron chi connectivity index (χ2n) is 6.39. The van der Waals surface area contributed by atoms with Gasteiger partial charge in [0.25, 0.3) is 0 Å². The number of aromatic nitrogens is 3. The van der Waals surface area contributed by atoms with Crippen molar-refractivity contribution in [3.63, 3.8) is 0 Å². The third kappa shape index (κ3) is 3.00. The van der Waals surface area contributed by atoms with E-state index in [0.717, 1.165) is 16.8 Å². The standard InChI is InChI=1S/C21H20N4O3/c1-27-14-9-7-13(8-10-14)11-12-25-19(22)17(21(26)28-2)18-20(25)24-16-6-4-3-5-15(16)23-18/h3-10H,11-12,22H2,1-2H3. The van der Waals surface area contributed by atoms with Crippen molar-refractivity contribution in [3.8, 4) is 5.75 Å². The van der Waals surface area contributed by atoms with E-state index in [1.807, 2.05) is 53.1 Å². The SMILES string of the molecule is COC(=O)c1c(N)n(CCc2ccc(OC)cc2)c2nc3ccccc3nc12. The Kier molecular flexibility index (Phi) is 4.57. The quantitative estimate of drug-likeness (QED) is 0.538. The zero-order valence-electron chi connectivity index (χ0n) is 15.7. The van der Waals surface area contributed by atoms with Crippen molar-refractivity contribution in [3.05, 3.63) is 59.7 Å². The molecule has 2 aromatic carbocycles. The largest absolute Gasteiger partial charge is 0.497 e. The Bertz CT molecular complexity index is 1170. The molecule has 4 rings (SSSR count).